The maximum atomic E-state index is 13.7. The molecule has 3 rings (SSSR count). The minimum Gasteiger partial charge on any atom is -0.485 e. The van der Waals surface area contributed by atoms with Gasteiger partial charge in [0.15, 0.2) is 0 Å². The smallest absolute Gasteiger partial charge is 0.142 e. The van der Waals surface area contributed by atoms with Crippen LogP contribution in [0, 0.1) is 5.82 Å². The van der Waals surface area contributed by atoms with Crippen LogP contribution in [0.3, 0.4) is 0 Å². The van der Waals surface area contributed by atoms with Crippen molar-refractivity contribution < 1.29 is 9.13 Å². The lowest BCUT2D eigenvalue weighted by molar-refractivity contribution is 0.147. The zero-order valence-electron chi connectivity index (χ0n) is 12.1. The zero-order chi connectivity index (χ0) is 14.7. The number of nitrogens with zero attached hydrogens (tertiary/aromatic N) is 1. The van der Waals surface area contributed by atoms with Crippen molar-refractivity contribution in [2.24, 2.45) is 0 Å². The molecule has 1 aliphatic rings. The summed E-state index contributed by atoms with van der Waals surface area (Å²) in [5, 5.41) is 3.37. The van der Waals surface area contributed by atoms with Gasteiger partial charge in [-0.05, 0) is 25.2 Å². The maximum Gasteiger partial charge on any atom is 0.142 e. The minimum absolute atomic E-state index is 0.0664. The first-order valence-corrected chi connectivity index (χ1v) is 7.14. The van der Waals surface area contributed by atoms with Crippen molar-refractivity contribution in [3.8, 4) is 5.75 Å². The molecule has 0 saturated carbocycles. The molecule has 2 aromatic carbocycles. The number of fused-ring (bicyclic) bond motifs is 1. The largest absolute Gasteiger partial charge is 0.485 e. The summed E-state index contributed by atoms with van der Waals surface area (Å²) < 4.78 is 19.6. The van der Waals surface area contributed by atoms with Crippen molar-refractivity contribution >= 4 is 5.69 Å². The number of halogens is 1. The van der Waals surface area contributed by atoms with Gasteiger partial charge in [-0.25, -0.2) is 4.39 Å². The molecule has 0 saturated heterocycles. The summed E-state index contributed by atoms with van der Waals surface area (Å²) in [6.07, 6.45) is 0.0664. The van der Waals surface area contributed by atoms with Gasteiger partial charge in [-0.1, -0.05) is 30.3 Å². The highest BCUT2D eigenvalue weighted by Gasteiger charge is 2.20. The topological polar surface area (TPSA) is 24.5 Å². The molecule has 1 aliphatic heterocycles. The van der Waals surface area contributed by atoms with Crippen molar-refractivity contribution in [1.29, 1.82) is 0 Å². The quantitative estimate of drug-likeness (QED) is 0.934. The third kappa shape index (κ3) is 3.34. The molecular formula is C17H19FN2O. The fraction of sp³-hybridized carbons (Fsp3) is 0.294. The lowest BCUT2D eigenvalue weighted by atomic mass is 10.2. The van der Waals surface area contributed by atoms with Gasteiger partial charge in [-0.2, -0.15) is 0 Å². The summed E-state index contributed by atoms with van der Waals surface area (Å²) >= 11 is 0. The molecule has 0 spiro atoms. The standard InChI is InChI=1S/C17H19FN2O/c1-20(11-13-6-2-3-7-15(13)18)12-14-10-19-16-8-4-5-9-17(16)21-14/h2-9,14,19H,10-12H2,1H3. The summed E-state index contributed by atoms with van der Waals surface area (Å²) in [6.45, 7) is 2.09. The van der Waals surface area contributed by atoms with E-state index in [4.69, 9.17) is 4.74 Å². The van der Waals surface area contributed by atoms with E-state index in [0.29, 0.717) is 12.1 Å². The Hall–Kier alpha value is -2.07. The van der Waals surface area contributed by atoms with E-state index in [0.717, 1.165) is 24.5 Å². The third-order valence-corrected chi connectivity index (χ3v) is 3.61. The first kappa shape index (κ1) is 13.9. The molecule has 1 N–H and O–H groups in total. The molecule has 0 radical (unpaired) electrons. The average molecular weight is 286 g/mol. The first-order valence-electron chi connectivity index (χ1n) is 7.14. The van der Waals surface area contributed by atoms with E-state index in [1.165, 1.54) is 6.07 Å². The fourth-order valence-corrected chi connectivity index (χ4v) is 2.59. The average Bonchev–Trinajstić information content (AvgIpc) is 2.49. The third-order valence-electron chi connectivity index (χ3n) is 3.61. The van der Waals surface area contributed by atoms with Crippen LogP contribution in [0.25, 0.3) is 0 Å². The second-order valence-electron chi connectivity index (χ2n) is 5.41. The molecule has 2 aromatic rings. The molecule has 1 heterocycles. The van der Waals surface area contributed by atoms with Gasteiger partial charge in [-0.15, -0.1) is 0 Å². The molecule has 110 valence electrons. The fourth-order valence-electron chi connectivity index (χ4n) is 2.59. The minimum atomic E-state index is -0.155. The van der Waals surface area contributed by atoms with E-state index < -0.39 is 0 Å². The van der Waals surface area contributed by atoms with Crippen LogP contribution in [0.4, 0.5) is 10.1 Å². The molecule has 1 unspecified atom stereocenters. The predicted octanol–water partition coefficient (Wildman–Crippen LogP) is 3.13. The number of benzene rings is 2. The normalized spacial score (nSPS) is 17.0. The molecule has 3 nitrogen and oxygen atoms in total. The van der Waals surface area contributed by atoms with Crippen LogP contribution >= 0.6 is 0 Å². The summed E-state index contributed by atoms with van der Waals surface area (Å²) in [5.74, 6) is 0.727. The number of nitrogens with one attached hydrogen (secondary N) is 1. The zero-order valence-corrected chi connectivity index (χ0v) is 12.1. The number of rotatable bonds is 4. The molecule has 0 amide bonds. The summed E-state index contributed by atoms with van der Waals surface area (Å²) in [4.78, 5) is 2.08. The van der Waals surface area contributed by atoms with E-state index in [1.54, 1.807) is 6.07 Å². The SMILES string of the molecule is CN(Cc1ccccc1F)CC1CNc2ccccc2O1. The van der Waals surface area contributed by atoms with Gasteiger partial charge in [-0.3, -0.25) is 4.90 Å². The Bertz CT molecular complexity index is 617. The van der Waals surface area contributed by atoms with Gasteiger partial charge >= 0.3 is 0 Å². The maximum absolute atomic E-state index is 13.7. The molecule has 0 bridgehead atoms. The number of para-hydroxylation sites is 2. The highest BCUT2D eigenvalue weighted by atomic mass is 19.1. The second-order valence-corrected chi connectivity index (χ2v) is 5.41. The van der Waals surface area contributed by atoms with Crippen LogP contribution in [0.1, 0.15) is 5.56 Å². The van der Waals surface area contributed by atoms with E-state index in [9.17, 15) is 4.39 Å². The summed E-state index contributed by atoms with van der Waals surface area (Å²) in [7, 11) is 1.98. The van der Waals surface area contributed by atoms with Crippen molar-refractivity contribution in [3.63, 3.8) is 0 Å². The highest BCUT2D eigenvalue weighted by Crippen LogP contribution is 2.28. The van der Waals surface area contributed by atoms with Crippen LogP contribution in [0.5, 0.6) is 5.75 Å². The Kier molecular flexibility index (Phi) is 4.06. The molecule has 0 fully saturated rings. The number of anilines is 1. The second kappa shape index (κ2) is 6.14. The van der Waals surface area contributed by atoms with Crippen molar-refractivity contribution in [2.75, 3.05) is 25.5 Å². The van der Waals surface area contributed by atoms with Crippen LogP contribution in [-0.4, -0.2) is 31.1 Å². The van der Waals surface area contributed by atoms with E-state index >= 15 is 0 Å². The Morgan fingerprint density at radius 3 is 2.81 bits per heavy atom. The van der Waals surface area contributed by atoms with Crippen LogP contribution < -0.4 is 10.1 Å². The monoisotopic (exact) mass is 286 g/mol. The van der Waals surface area contributed by atoms with Crippen molar-refractivity contribution in [3.05, 3.63) is 59.9 Å². The summed E-state index contributed by atoms with van der Waals surface area (Å²) in [5.41, 5.74) is 1.75. The number of hydrogen-bond acceptors (Lipinski definition) is 3. The molecule has 0 aromatic heterocycles. The lowest BCUT2D eigenvalue weighted by Gasteiger charge is -2.30. The molecule has 1 atom stereocenters. The first-order chi connectivity index (χ1) is 10.2. The molecule has 4 heteroatoms. The van der Waals surface area contributed by atoms with E-state index in [2.05, 4.69) is 10.2 Å². The number of hydrogen-bond donors (Lipinski definition) is 1. The molecule has 21 heavy (non-hydrogen) atoms. The van der Waals surface area contributed by atoms with Crippen molar-refractivity contribution in [2.45, 2.75) is 12.6 Å². The Labute approximate surface area is 124 Å². The summed E-state index contributed by atoms with van der Waals surface area (Å²) in [6, 6.07) is 14.8. The Balaban J connectivity index is 1.59. The van der Waals surface area contributed by atoms with Gasteiger partial charge < -0.3 is 10.1 Å². The van der Waals surface area contributed by atoms with Gasteiger partial charge in [0.1, 0.15) is 17.7 Å². The van der Waals surface area contributed by atoms with Gasteiger partial charge in [0.25, 0.3) is 0 Å². The molecule has 0 aliphatic carbocycles. The molecular weight excluding hydrogens is 267 g/mol. The Morgan fingerprint density at radius 1 is 1.19 bits per heavy atom. The highest BCUT2D eigenvalue weighted by molar-refractivity contribution is 5.57. The van der Waals surface area contributed by atoms with Gasteiger partial charge in [0.05, 0.1) is 12.2 Å². The van der Waals surface area contributed by atoms with E-state index in [-0.39, 0.29) is 11.9 Å². The van der Waals surface area contributed by atoms with E-state index in [1.807, 2.05) is 43.4 Å². The van der Waals surface area contributed by atoms with Gasteiger partial charge in [0.2, 0.25) is 0 Å². The van der Waals surface area contributed by atoms with Crippen molar-refractivity contribution in [1.82, 2.24) is 4.90 Å². The number of ether oxygens (including phenoxy) is 1. The van der Waals surface area contributed by atoms with Crippen LogP contribution in [-0.2, 0) is 6.54 Å². The predicted molar refractivity (Wildman–Crippen MR) is 82.1 cm³/mol. The lowest BCUT2D eigenvalue weighted by Crippen LogP contribution is -2.40. The van der Waals surface area contributed by atoms with Crippen LogP contribution in [0.2, 0.25) is 0 Å². The van der Waals surface area contributed by atoms with Gasteiger partial charge in [0, 0.05) is 18.7 Å². The number of likely N-dealkylation sites (N-methyl/N-ethyl adjacent to an activating group) is 1. The Morgan fingerprint density at radius 2 is 1.95 bits per heavy atom. The van der Waals surface area contributed by atoms with Crippen LogP contribution in [0.15, 0.2) is 48.5 Å².